The summed E-state index contributed by atoms with van der Waals surface area (Å²) in [6.07, 6.45) is 4.39. The van der Waals surface area contributed by atoms with E-state index < -0.39 is 0 Å². The van der Waals surface area contributed by atoms with E-state index in [0.717, 1.165) is 64.1 Å². The Labute approximate surface area is 171 Å². The van der Waals surface area contributed by atoms with Gasteiger partial charge in [0.25, 0.3) is 5.91 Å². The van der Waals surface area contributed by atoms with E-state index in [4.69, 9.17) is 4.52 Å². The predicted molar refractivity (Wildman–Crippen MR) is 113 cm³/mol. The molecule has 29 heavy (non-hydrogen) atoms. The van der Waals surface area contributed by atoms with E-state index in [1.165, 1.54) is 16.3 Å². The first-order valence-electron chi connectivity index (χ1n) is 10.7. The zero-order valence-corrected chi connectivity index (χ0v) is 16.7. The molecule has 0 spiro atoms. The van der Waals surface area contributed by atoms with E-state index in [2.05, 4.69) is 52.5 Å². The molecule has 2 aliphatic rings. The second-order valence-electron chi connectivity index (χ2n) is 8.33. The first-order chi connectivity index (χ1) is 14.3. The Morgan fingerprint density at radius 2 is 1.86 bits per heavy atom. The number of benzene rings is 2. The molecule has 2 aliphatic heterocycles. The lowest BCUT2D eigenvalue weighted by Crippen LogP contribution is -2.34. The molecule has 2 fully saturated rings. The Kier molecular flexibility index (Phi) is 5.06. The van der Waals surface area contributed by atoms with Gasteiger partial charge in [0, 0.05) is 38.2 Å². The smallest absolute Gasteiger partial charge is 0.292 e. The van der Waals surface area contributed by atoms with Gasteiger partial charge in [0.2, 0.25) is 5.76 Å². The molecular formula is C24H27N3O2. The number of aromatic nitrogens is 1. The van der Waals surface area contributed by atoms with E-state index >= 15 is 0 Å². The molecule has 0 unspecified atom stereocenters. The van der Waals surface area contributed by atoms with E-state index in [9.17, 15) is 4.79 Å². The molecular weight excluding hydrogens is 362 g/mol. The second kappa shape index (κ2) is 7.99. The molecule has 5 nitrogen and oxygen atoms in total. The quantitative estimate of drug-likeness (QED) is 0.662. The monoisotopic (exact) mass is 389 g/mol. The van der Waals surface area contributed by atoms with Gasteiger partial charge in [0.05, 0.1) is 5.69 Å². The number of rotatable bonds is 4. The second-order valence-corrected chi connectivity index (χ2v) is 8.33. The Hall–Kier alpha value is -2.66. The van der Waals surface area contributed by atoms with E-state index in [-0.39, 0.29) is 5.91 Å². The number of carbonyl (C=O) groups is 1. The van der Waals surface area contributed by atoms with Crippen LogP contribution in [0.1, 0.15) is 53.4 Å². The normalized spacial score (nSPS) is 20.4. The van der Waals surface area contributed by atoms with Gasteiger partial charge in [-0.05, 0) is 48.6 Å². The first kappa shape index (κ1) is 18.4. The van der Waals surface area contributed by atoms with Crippen molar-refractivity contribution in [2.75, 3.05) is 26.2 Å². The van der Waals surface area contributed by atoms with Gasteiger partial charge < -0.3 is 9.42 Å². The van der Waals surface area contributed by atoms with Gasteiger partial charge in [-0.2, -0.15) is 0 Å². The number of amides is 1. The molecule has 3 aromatic rings. The highest BCUT2D eigenvalue weighted by Crippen LogP contribution is 2.29. The Morgan fingerprint density at radius 3 is 2.76 bits per heavy atom. The minimum atomic E-state index is -0.00956. The van der Waals surface area contributed by atoms with Gasteiger partial charge in [-0.25, -0.2) is 0 Å². The van der Waals surface area contributed by atoms with Crippen molar-refractivity contribution in [3.63, 3.8) is 0 Å². The number of carbonyl (C=O) groups excluding carboxylic acids is 1. The topological polar surface area (TPSA) is 49.6 Å². The van der Waals surface area contributed by atoms with Crippen molar-refractivity contribution in [1.82, 2.24) is 15.0 Å². The molecule has 0 bridgehead atoms. The molecule has 2 aromatic carbocycles. The molecule has 150 valence electrons. The van der Waals surface area contributed by atoms with E-state index in [1.807, 2.05) is 11.0 Å². The molecule has 2 saturated heterocycles. The maximum atomic E-state index is 12.6. The van der Waals surface area contributed by atoms with Crippen LogP contribution >= 0.6 is 0 Å². The number of hydrogen-bond acceptors (Lipinski definition) is 4. The summed E-state index contributed by atoms with van der Waals surface area (Å²) in [5.41, 5.74) is 2.30. The van der Waals surface area contributed by atoms with Crippen LogP contribution < -0.4 is 0 Å². The van der Waals surface area contributed by atoms with Crippen molar-refractivity contribution in [2.45, 2.75) is 38.1 Å². The number of fused-ring (bicyclic) bond motifs is 1. The van der Waals surface area contributed by atoms with Crippen molar-refractivity contribution in [3.05, 3.63) is 65.5 Å². The number of piperidine rings is 1. The molecule has 5 heteroatoms. The molecule has 1 atom stereocenters. The molecule has 0 aliphatic carbocycles. The maximum absolute atomic E-state index is 12.6. The van der Waals surface area contributed by atoms with Gasteiger partial charge in [-0.15, -0.1) is 0 Å². The first-order valence-corrected chi connectivity index (χ1v) is 10.7. The summed E-state index contributed by atoms with van der Waals surface area (Å²) in [6.45, 7) is 4.65. The molecule has 5 rings (SSSR count). The van der Waals surface area contributed by atoms with E-state index in [1.54, 1.807) is 0 Å². The third-order valence-electron chi connectivity index (χ3n) is 6.33. The lowest BCUT2D eigenvalue weighted by atomic mass is 9.94. The summed E-state index contributed by atoms with van der Waals surface area (Å²) >= 11 is 0. The van der Waals surface area contributed by atoms with Crippen LogP contribution in [0.25, 0.3) is 10.8 Å². The fraction of sp³-hybridized carbons (Fsp3) is 0.417. The molecule has 0 radical (unpaired) electrons. The van der Waals surface area contributed by atoms with Crippen LogP contribution in [-0.4, -0.2) is 47.0 Å². The summed E-state index contributed by atoms with van der Waals surface area (Å²) in [6, 6.07) is 17.0. The lowest BCUT2D eigenvalue weighted by molar-refractivity contribution is 0.0751. The van der Waals surface area contributed by atoms with Crippen molar-refractivity contribution in [1.29, 1.82) is 0 Å². The Bertz CT molecular complexity index is 1000. The molecule has 3 heterocycles. The summed E-state index contributed by atoms with van der Waals surface area (Å²) in [7, 11) is 0. The maximum Gasteiger partial charge on any atom is 0.292 e. The number of likely N-dealkylation sites (tertiary alicyclic amines) is 2. The van der Waals surface area contributed by atoms with Gasteiger partial charge in [-0.1, -0.05) is 47.6 Å². The molecule has 0 N–H and O–H groups in total. The summed E-state index contributed by atoms with van der Waals surface area (Å²) in [5, 5.41) is 6.90. The van der Waals surface area contributed by atoms with Crippen LogP contribution in [-0.2, 0) is 6.54 Å². The van der Waals surface area contributed by atoms with Crippen molar-refractivity contribution < 1.29 is 9.32 Å². The minimum Gasteiger partial charge on any atom is -0.351 e. The highest BCUT2D eigenvalue weighted by atomic mass is 16.5. The third-order valence-corrected chi connectivity index (χ3v) is 6.33. The average molecular weight is 389 g/mol. The standard InChI is InChI=1S/C24H27N3O2/c28-24(27-13-3-4-14-27)23-15-22(25-29-23)20-10-6-12-26(17-20)16-19-9-5-8-18-7-1-2-11-21(18)19/h1-2,5,7-9,11,15,20H,3-4,6,10,12-14,16-17H2/t20-/m0/s1. The van der Waals surface area contributed by atoms with Crippen LogP contribution in [0, 0.1) is 0 Å². The highest BCUT2D eigenvalue weighted by molar-refractivity contribution is 5.91. The predicted octanol–water partition coefficient (Wildman–Crippen LogP) is 4.44. The number of hydrogen-bond donors (Lipinski definition) is 0. The van der Waals surface area contributed by atoms with Gasteiger partial charge in [0.1, 0.15) is 0 Å². The third kappa shape index (κ3) is 3.79. The van der Waals surface area contributed by atoms with Gasteiger partial charge in [-0.3, -0.25) is 9.69 Å². The largest absolute Gasteiger partial charge is 0.351 e. The van der Waals surface area contributed by atoms with Crippen molar-refractivity contribution in [3.8, 4) is 0 Å². The van der Waals surface area contributed by atoms with Crippen molar-refractivity contribution in [2.24, 2.45) is 0 Å². The minimum absolute atomic E-state index is 0.00956. The summed E-state index contributed by atoms with van der Waals surface area (Å²) in [5.74, 6) is 0.709. The SMILES string of the molecule is O=C(c1cc([C@H]2CCCN(Cc3cccc4ccccc34)C2)no1)N1CCCC1. The molecule has 1 amide bonds. The molecule has 0 saturated carbocycles. The van der Waals surface area contributed by atoms with E-state index in [0.29, 0.717) is 11.7 Å². The van der Waals surface area contributed by atoms with Crippen molar-refractivity contribution >= 4 is 16.7 Å². The van der Waals surface area contributed by atoms with Crippen LogP contribution in [0.3, 0.4) is 0 Å². The lowest BCUT2D eigenvalue weighted by Gasteiger charge is -2.32. The zero-order valence-electron chi connectivity index (χ0n) is 16.7. The van der Waals surface area contributed by atoms with Gasteiger partial charge in [0.15, 0.2) is 0 Å². The fourth-order valence-corrected chi connectivity index (χ4v) is 4.77. The van der Waals surface area contributed by atoms with Crippen LogP contribution in [0.2, 0.25) is 0 Å². The summed E-state index contributed by atoms with van der Waals surface area (Å²) < 4.78 is 5.44. The van der Waals surface area contributed by atoms with Gasteiger partial charge >= 0.3 is 0 Å². The molecule has 1 aromatic heterocycles. The summed E-state index contributed by atoms with van der Waals surface area (Å²) in [4.78, 5) is 16.9. The Morgan fingerprint density at radius 1 is 1.03 bits per heavy atom. The highest BCUT2D eigenvalue weighted by Gasteiger charge is 2.28. The van der Waals surface area contributed by atoms with Crippen LogP contribution in [0.15, 0.2) is 53.1 Å². The fourth-order valence-electron chi connectivity index (χ4n) is 4.77. The number of nitrogens with zero attached hydrogens (tertiary/aromatic N) is 3. The zero-order chi connectivity index (χ0) is 19.6. The Balaban J connectivity index is 1.29. The average Bonchev–Trinajstić information content (AvgIpc) is 3.46. The van der Waals surface area contributed by atoms with Crippen LogP contribution in [0.5, 0.6) is 0 Å². The van der Waals surface area contributed by atoms with Crippen LogP contribution in [0.4, 0.5) is 0 Å².